The van der Waals surface area contributed by atoms with E-state index in [0.29, 0.717) is 13.0 Å². The summed E-state index contributed by atoms with van der Waals surface area (Å²) < 4.78 is 2.27. The maximum Gasteiger partial charge on any atom is 0.223 e. The van der Waals surface area contributed by atoms with Crippen LogP contribution in [0.25, 0.3) is 10.9 Å². The van der Waals surface area contributed by atoms with Gasteiger partial charge in [0.05, 0.1) is 0 Å². The fourth-order valence-corrected chi connectivity index (χ4v) is 2.52. The first kappa shape index (κ1) is 21.3. The number of carbonyl (C=O) groups is 1. The third-order valence-electron chi connectivity index (χ3n) is 3.90. The number of fused-ring (bicyclic) bond motifs is 1. The second-order valence-corrected chi connectivity index (χ2v) is 5.89. The van der Waals surface area contributed by atoms with E-state index in [2.05, 4.69) is 56.7 Å². The third-order valence-corrected chi connectivity index (χ3v) is 3.90. The van der Waals surface area contributed by atoms with Gasteiger partial charge < -0.3 is 20.1 Å². The lowest BCUT2D eigenvalue weighted by Gasteiger charge is -2.14. The van der Waals surface area contributed by atoms with Crippen molar-refractivity contribution >= 4 is 46.7 Å². The maximum atomic E-state index is 11.5. The number of aromatic nitrogens is 1. The van der Waals surface area contributed by atoms with E-state index in [1.54, 1.807) is 26.0 Å². The Morgan fingerprint density at radius 3 is 2.60 bits per heavy atom. The van der Waals surface area contributed by atoms with E-state index in [9.17, 15) is 4.79 Å². The van der Waals surface area contributed by atoms with Gasteiger partial charge >= 0.3 is 0 Å². The van der Waals surface area contributed by atoms with Crippen LogP contribution in [0, 0.1) is 0 Å². The molecule has 0 saturated carbocycles. The number of hydrogen-bond acceptors (Lipinski definition) is 2. The van der Waals surface area contributed by atoms with Gasteiger partial charge in [0.2, 0.25) is 5.91 Å². The molecule has 2 aromatic rings. The molecule has 7 heteroatoms. The summed E-state index contributed by atoms with van der Waals surface area (Å²) in [5, 5.41) is 7.72. The fraction of sp³-hybridized carbons (Fsp3) is 0.444. The van der Waals surface area contributed by atoms with Gasteiger partial charge in [-0.3, -0.25) is 9.79 Å². The molecule has 1 aromatic heterocycles. The highest BCUT2D eigenvalue weighted by Crippen LogP contribution is 2.15. The zero-order valence-electron chi connectivity index (χ0n) is 15.2. The summed E-state index contributed by atoms with van der Waals surface area (Å²) in [6.45, 7) is 2.36. The summed E-state index contributed by atoms with van der Waals surface area (Å²) in [7, 11) is 5.27. The first-order chi connectivity index (χ1) is 11.6. The van der Waals surface area contributed by atoms with Crippen molar-refractivity contribution in [3.8, 4) is 0 Å². The average Bonchev–Trinajstić information content (AvgIpc) is 3.00. The van der Waals surface area contributed by atoms with E-state index in [1.165, 1.54) is 10.9 Å². The minimum absolute atomic E-state index is 0. The Bertz CT molecular complexity index is 696. The Morgan fingerprint density at radius 2 is 1.88 bits per heavy atom. The second kappa shape index (κ2) is 11.0. The van der Waals surface area contributed by atoms with Gasteiger partial charge in [-0.05, 0) is 23.9 Å². The molecule has 0 atom stereocenters. The summed E-state index contributed by atoms with van der Waals surface area (Å²) in [6.07, 6.45) is 3.59. The fourth-order valence-electron chi connectivity index (χ4n) is 2.52. The van der Waals surface area contributed by atoms with E-state index < -0.39 is 0 Å². The molecule has 0 spiro atoms. The van der Waals surface area contributed by atoms with Gasteiger partial charge in [0.1, 0.15) is 0 Å². The van der Waals surface area contributed by atoms with E-state index in [-0.39, 0.29) is 29.9 Å². The molecular weight excluding hydrogens is 429 g/mol. The maximum absolute atomic E-state index is 11.5. The second-order valence-electron chi connectivity index (χ2n) is 5.89. The molecule has 6 nitrogen and oxygen atoms in total. The van der Waals surface area contributed by atoms with Crippen LogP contribution in [0.15, 0.2) is 41.5 Å². The molecule has 2 rings (SSSR count). The van der Waals surface area contributed by atoms with Crippen LogP contribution in [-0.4, -0.2) is 55.6 Å². The molecule has 1 amide bonds. The standard InChI is InChI=1S/C18H27N5O.HI/c1-19-18(21-12-9-17(24)22(2)3)20-11-6-13-23-14-10-15-7-4-5-8-16(15)23;/h4-5,7-8,10,14H,6,9,11-13H2,1-3H3,(H2,19,20,21);1H. The number of rotatable bonds is 7. The molecule has 0 radical (unpaired) electrons. The largest absolute Gasteiger partial charge is 0.356 e. The zero-order valence-corrected chi connectivity index (χ0v) is 17.5. The van der Waals surface area contributed by atoms with Crippen LogP contribution in [0.1, 0.15) is 12.8 Å². The first-order valence-corrected chi connectivity index (χ1v) is 8.30. The molecule has 1 heterocycles. The predicted octanol–water partition coefficient (Wildman–Crippen LogP) is 2.29. The molecule has 0 aliphatic carbocycles. The number of aryl methyl sites for hydroxylation is 1. The predicted molar refractivity (Wildman–Crippen MR) is 115 cm³/mol. The van der Waals surface area contributed by atoms with Gasteiger partial charge in [0.25, 0.3) is 0 Å². The summed E-state index contributed by atoms with van der Waals surface area (Å²) >= 11 is 0. The number of amides is 1. The molecule has 0 aliphatic rings. The smallest absolute Gasteiger partial charge is 0.223 e. The van der Waals surface area contributed by atoms with Crippen molar-refractivity contribution in [2.45, 2.75) is 19.4 Å². The number of aliphatic imine (C=N–C) groups is 1. The van der Waals surface area contributed by atoms with Crippen molar-refractivity contribution in [2.75, 3.05) is 34.2 Å². The normalized spacial score (nSPS) is 11.1. The molecule has 2 N–H and O–H groups in total. The van der Waals surface area contributed by atoms with E-state index in [4.69, 9.17) is 0 Å². The Labute approximate surface area is 166 Å². The minimum atomic E-state index is 0. The number of nitrogens with one attached hydrogen (secondary N) is 2. The van der Waals surface area contributed by atoms with E-state index in [0.717, 1.165) is 25.5 Å². The Hall–Kier alpha value is -1.77. The van der Waals surface area contributed by atoms with E-state index in [1.807, 2.05) is 0 Å². The molecule has 138 valence electrons. The Balaban J connectivity index is 0.00000312. The van der Waals surface area contributed by atoms with Crippen LogP contribution in [0.2, 0.25) is 0 Å². The van der Waals surface area contributed by atoms with Gasteiger partial charge in [-0.25, -0.2) is 0 Å². The SMILES string of the molecule is CN=C(NCCCn1ccc2ccccc21)NCCC(=O)N(C)C.I. The molecule has 1 aromatic carbocycles. The van der Waals surface area contributed by atoms with Crippen LogP contribution >= 0.6 is 24.0 Å². The lowest BCUT2D eigenvalue weighted by atomic mass is 10.2. The van der Waals surface area contributed by atoms with Gasteiger partial charge in [0, 0.05) is 58.9 Å². The number of guanidine groups is 1. The van der Waals surface area contributed by atoms with Gasteiger partial charge in [-0.1, -0.05) is 18.2 Å². The number of nitrogens with zero attached hydrogens (tertiary/aromatic N) is 3. The summed E-state index contributed by atoms with van der Waals surface area (Å²) in [5.41, 5.74) is 1.27. The van der Waals surface area contributed by atoms with Crippen LogP contribution in [-0.2, 0) is 11.3 Å². The van der Waals surface area contributed by atoms with Gasteiger partial charge in [-0.2, -0.15) is 0 Å². The Morgan fingerprint density at radius 1 is 1.16 bits per heavy atom. The van der Waals surface area contributed by atoms with Crippen molar-refractivity contribution in [1.82, 2.24) is 20.1 Å². The van der Waals surface area contributed by atoms with Crippen molar-refractivity contribution in [2.24, 2.45) is 4.99 Å². The Kier molecular flexibility index (Phi) is 9.33. The first-order valence-electron chi connectivity index (χ1n) is 8.30. The van der Waals surface area contributed by atoms with E-state index >= 15 is 0 Å². The van der Waals surface area contributed by atoms with Gasteiger partial charge in [0.15, 0.2) is 5.96 Å². The summed E-state index contributed by atoms with van der Waals surface area (Å²) in [5.74, 6) is 0.844. The van der Waals surface area contributed by atoms with Crippen LogP contribution in [0.5, 0.6) is 0 Å². The van der Waals surface area contributed by atoms with Gasteiger partial charge in [-0.15, -0.1) is 24.0 Å². The van der Waals surface area contributed by atoms with Crippen molar-refractivity contribution in [3.63, 3.8) is 0 Å². The van der Waals surface area contributed by atoms with Crippen molar-refractivity contribution in [3.05, 3.63) is 36.5 Å². The summed E-state index contributed by atoms with van der Waals surface area (Å²) in [6, 6.07) is 10.5. The molecule has 0 unspecified atom stereocenters. The average molecular weight is 457 g/mol. The highest BCUT2D eigenvalue weighted by molar-refractivity contribution is 14.0. The molecule has 0 bridgehead atoms. The quantitative estimate of drug-likeness (QED) is 0.290. The van der Waals surface area contributed by atoms with Crippen LogP contribution in [0.4, 0.5) is 0 Å². The summed E-state index contributed by atoms with van der Waals surface area (Å²) in [4.78, 5) is 17.3. The molecule has 0 fully saturated rings. The molecule has 0 aliphatic heterocycles. The topological polar surface area (TPSA) is 61.7 Å². The molecule has 0 saturated heterocycles. The monoisotopic (exact) mass is 457 g/mol. The van der Waals surface area contributed by atoms with Crippen LogP contribution in [0.3, 0.4) is 0 Å². The van der Waals surface area contributed by atoms with Crippen molar-refractivity contribution < 1.29 is 4.79 Å². The minimum Gasteiger partial charge on any atom is -0.356 e. The number of hydrogen-bond donors (Lipinski definition) is 2. The highest BCUT2D eigenvalue weighted by Gasteiger charge is 2.04. The number of benzene rings is 1. The number of para-hydroxylation sites is 1. The third kappa shape index (κ3) is 6.56. The number of carbonyl (C=O) groups excluding carboxylic acids is 1. The van der Waals surface area contributed by atoms with Crippen LogP contribution < -0.4 is 10.6 Å². The molecular formula is C18H28IN5O. The number of halogens is 1. The zero-order chi connectivity index (χ0) is 17.4. The van der Waals surface area contributed by atoms with Crippen molar-refractivity contribution in [1.29, 1.82) is 0 Å². The lowest BCUT2D eigenvalue weighted by Crippen LogP contribution is -2.39. The lowest BCUT2D eigenvalue weighted by molar-refractivity contribution is -0.128. The molecule has 25 heavy (non-hydrogen) atoms. The highest BCUT2D eigenvalue weighted by atomic mass is 127.